The monoisotopic (exact) mass is 258 g/mol. The first kappa shape index (κ1) is 10.9. The van der Waals surface area contributed by atoms with Crippen molar-refractivity contribution in [2.45, 2.75) is 0 Å². The summed E-state index contributed by atoms with van der Waals surface area (Å²) in [5, 5.41) is 0.637. The summed E-state index contributed by atoms with van der Waals surface area (Å²) < 4.78 is 5.17. The fourth-order valence-electron chi connectivity index (χ4n) is 1.69. The molecular formula is C13H7ClN2O2. The molecule has 0 spiro atoms. The molecule has 0 atom stereocenters. The predicted octanol–water partition coefficient (Wildman–Crippen LogP) is 2.90. The van der Waals surface area contributed by atoms with Gasteiger partial charge in [0.1, 0.15) is 5.39 Å². The highest BCUT2D eigenvalue weighted by molar-refractivity contribution is 6.35. The van der Waals surface area contributed by atoms with Crippen molar-refractivity contribution < 1.29 is 4.42 Å². The largest absolute Gasteiger partial charge is 0.403 e. The van der Waals surface area contributed by atoms with Crippen LogP contribution in [-0.4, -0.2) is 9.97 Å². The average molecular weight is 259 g/mol. The second-order valence-electron chi connectivity index (χ2n) is 3.68. The maximum absolute atomic E-state index is 11.9. The number of fused-ring (bicyclic) bond motifs is 1. The summed E-state index contributed by atoms with van der Waals surface area (Å²) in [5.74, 6) is 0.239. The number of halogens is 1. The normalized spacial score (nSPS) is 10.7. The molecule has 0 fully saturated rings. The quantitative estimate of drug-likeness (QED) is 0.673. The van der Waals surface area contributed by atoms with Gasteiger partial charge in [0.15, 0.2) is 0 Å². The van der Waals surface area contributed by atoms with Gasteiger partial charge in [-0.2, -0.15) is 0 Å². The Labute approximate surface area is 107 Å². The van der Waals surface area contributed by atoms with Crippen molar-refractivity contribution in [1.82, 2.24) is 9.97 Å². The summed E-state index contributed by atoms with van der Waals surface area (Å²) in [6.07, 6.45) is 3.22. The molecule has 0 unspecified atom stereocenters. The van der Waals surface area contributed by atoms with Crippen LogP contribution in [0.15, 0.2) is 51.9 Å². The van der Waals surface area contributed by atoms with E-state index in [9.17, 15) is 4.79 Å². The van der Waals surface area contributed by atoms with E-state index in [4.69, 9.17) is 16.0 Å². The number of aromatic nitrogens is 2. The molecule has 3 aromatic rings. The minimum atomic E-state index is -0.496. The van der Waals surface area contributed by atoms with E-state index in [1.807, 2.05) is 0 Å². The number of hydrogen-bond acceptors (Lipinski definition) is 4. The maximum Gasteiger partial charge on any atom is 0.348 e. The van der Waals surface area contributed by atoms with Gasteiger partial charge in [-0.05, 0) is 24.3 Å². The molecule has 2 heterocycles. The second kappa shape index (κ2) is 4.23. The Hall–Kier alpha value is -2.20. The number of benzene rings is 1. The van der Waals surface area contributed by atoms with Crippen LogP contribution < -0.4 is 5.63 Å². The van der Waals surface area contributed by atoms with E-state index < -0.39 is 5.63 Å². The van der Waals surface area contributed by atoms with Crippen molar-refractivity contribution in [1.29, 1.82) is 0 Å². The summed E-state index contributed by atoms with van der Waals surface area (Å²) in [6, 6.07) is 8.61. The average Bonchev–Trinajstić information content (AvgIpc) is 2.39. The molecule has 0 aliphatic heterocycles. The highest BCUT2D eigenvalue weighted by Crippen LogP contribution is 2.21. The zero-order valence-corrected chi connectivity index (χ0v) is 9.89. The molecule has 3 rings (SSSR count). The molecule has 0 saturated heterocycles. The van der Waals surface area contributed by atoms with E-state index in [-0.39, 0.29) is 5.89 Å². The van der Waals surface area contributed by atoms with Gasteiger partial charge in [0.2, 0.25) is 5.89 Å². The Morgan fingerprint density at radius 2 is 2.06 bits per heavy atom. The van der Waals surface area contributed by atoms with Gasteiger partial charge in [0, 0.05) is 12.4 Å². The van der Waals surface area contributed by atoms with Crippen molar-refractivity contribution in [2.24, 2.45) is 0 Å². The Balaban J connectivity index is 2.33. The van der Waals surface area contributed by atoms with Crippen LogP contribution in [0.5, 0.6) is 0 Å². The topological polar surface area (TPSA) is 56.0 Å². The van der Waals surface area contributed by atoms with Gasteiger partial charge in [0.25, 0.3) is 0 Å². The molecule has 0 amide bonds. The molecular weight excluding hydrogens is 252 g/mol. The van der Waals surface area contributed by atoms with E-state index in [1.165, 1.54) is 0 Å². The fraction of sp³-hybridized carbons (Fsp3) is 0. The van der Waals surface area contributed by atoms with Crippen LogP contribution in [0.1, 0.15) is 0 Å². The summed E-state index contributed by atoms with van der Waals surface area (Å²) in [6.45, 7) is 0. The zero-order valence-electron chi connectivity index (χ0n) is 9.13. The lowest BCUT2D eigenvalue weighted by Gasteiger charge is -2.01. The number of nitrogens with zero attached hydrogens (tertiary/aromatic N) is 2. The summed E-state index contributed by atoms with van der Waals surface area (Å²) in [5.41, 5.74) is 0.665. The highest BCUT2D eigenvalue weighted by atomic mass is 35.5. The third kappa shape index (κ3) is 1.76. The zero-order chi connectivity index (χ0) is 12.5. The van der Waals surface area contributed by atoms with E-state index >= 15 is 0 Å². The first-order chi connectivity index (χ1) is 8.75. The molecule has 0 saturated carbocycles. The minimum absolute atomic E-state index is 0.239. The van der Waals surface area contributed by atoms with Gasteiger partial charge in [-0.3, -0.25) is 4.98 Å². The molecule has 0 N–H and O–H groups in total. The number of rotatable bonds is 1. The van der Waals surface area contributed by atoms with Crippen molar-refractivity contribution >= 4 is 22.5 Å². The molecule has 18 heavy (non-hydrogen) atoms. The lowest BCUT2D eigenvalue weighted by atomic mass is 10.2. The van der Waals surface area contributed by atoms with Crippen molar-refractivity contribution in [3.8, 4) is 11.5 Å². The van der Waals surface area contributed by atoms with Gasteiger partial charge in [-0.25, -0.2) is 9.78 Å². The van der Waals surface area contributed by atoms with E-state index in [2.05, 4.69) is 9.97 Å². The molecule has 0 aliphatic carbocycles. The first-order valence-electron chi connectivity index (χ1n) is 5.25. The smallest absolute Gasteiger partial charge is 0.348 e. The van der Waals surface area contributed by atoms with Crippen molar-refractivity contribution in [3.63, 3.8) is 0 Å². The standard InChI is InChI=1S/C13H7ClN2O2/c14-9-4-1-5-10-11(9)13(17)18-12(16-10)8-3-2-6-15-7-8/h1-7H. The molecule has 88 valence electrons. The lowest BCUT2D eigenvalue weighted by molar-refractivity contribution is 0.518. The van der Waals surface area contributed by atoms with Gasteiger partial charge < -0.3 is 4.42 Å². The van der Waals surface area contributed by atoms with Crippen LogP contribution in [-0.2, 0) is 0 Å². The third-order valence-corrected chi connectivity index (χ3v) is 2.83. The molecule has 2 aromatic heterocycles. The van der Waals surface area contributed by atoms with E-state index in [0.29, 0.717) is 21.5 Å². The van der Waals surface area contributed by atoms with Gasteiger partial charge in [-0.15, -0.1) is 0 Å². The lowest BCUT2D eigenvalue weighted by Crippen LogP contribution is -2.03. The van der Waals surface area contributed by atoms with Crippen LogP contribution in [0, 0.1) is 0 Å². The van der Waals surface area contributed by atoms with Crippen LogP contribution in [0.3, 0.4) is 0 Å². The molecule has 1 aromatic carbocycles. The van der Waals surface area contributed by atoms with Gasteiger partial charge in [-0.1, -0.05) is 17.7 Å². The van der Waals surface area contributed by atoms with Crippen molar-refractivity contribution in [2.75, 3.05) is 0 Å². The van der Waals surface area contributed by atoms with Crippen LogP contribution in [0.4, 0.5) is 0 Å². The predicted molar refractivity (Wildman–Crippen MR) is 68.5 cm³/mol. The summed E-state index contributed by atoms with van der Waals surface area (Å²) in [4.78, 5) is 20.1. The molecule has 0 aliphatic rings. The van der Waals surface area contributed by atoms with Crippen LogP contribution >= 0.6 is 11.6 Å². The fourth-order valence-corrected chi connectivity index (χ4v) is 1.94. The molecule has 0 bridgehead atoms. The van der Waals surface area contributed by atoms with Gasteiger partial charge >= 0.3 is 5.63 Å². The van der Waals surface area contributed by atoms with E-state index in [0.717, 1.165) is 0 Å². The molecule has 0 radical (unpaired) electrons. The molecule has 5 heteroatoms. The summed E-state index contributed by atoms with van der Waals surface area (Å²) in [7, 11) is 0. The Kier molecular flexibility index (Phi) is 2.57. The van der Waals surface area contributed by atoms with Crippen LogP contribution in [0.2, 0.25) is 5.02 Å². The summed E-state index contributed by atoms with van der Waals surface area (Å²) >= 11 is 5.95. The third-order valence-electron chi connectivity index (χ3n) is 2.52. The Morgan fingerprint density at radius 1 is 1.17 bits per heavy atom. The second-order valence-corrected chi connectivity index (χ2v) is 4.09. The number of pyridine rings is 1. The van der Waals surface area contributed by atoms with Crippen molar-refractivity contribution in [3.05, 3.63) is 58.2 Å². The Morgan fingerprint density at radius 3 is 2.83 bits per heavy atom. The highest BCUT2D eigenvalue weighted by Gasteiger charge is 2.10. The van der Waals surface area contributed by atoms with Gasteiger partial charge in [0.05, 0.1) is 16.1 Å². The van der Waals surface area contributed by atoms with Crippen LogP contribution in [0.25, 0.3) is 22.4 Å². The molecule has 4 nitrogen and oxygen atoms in total. The van der Waals surface area contributed by atoms with E-state index in [1.54, 1.807) is 42.7 Å². The number of hydrogen-bond donors (Lipinski definition) is 0. The first-order valence-corrected chi connectivity index (χ1v) is 5.63. The SMILES string of the molecule is O=c1oc(-c2cccnc2)nc2cccc(Cl)c12. The Bertz CT molecular complexity index is 769. The maximum atomic E-state index is 11.9. The minimum Gasteiger partial charge on any atom is -0.403 e.